The molecule has 1 aliphatic rings. The van der Waals surface area contributed by atoms with Crippen LogP contribution in [0.1, 0.15) is 0 Å². The quantitative estimate of drug-likeness (QED) is 0.799. The van der Waals surface area contributed by atoms with Gasteiger partial charge in [-0.1, -0.05) is 11.6 Å². The van der Waals surface area contributed by atoms with E-state index in [1.807, 2.05) is 5.32 Å². The van der Waals surface area contributed by atoms with Crippen molar-refractivity contribution in [3.8, 4) is 5.75 Å². The van der Waals surface area contributed by atoms with E-state index in [-0.39, 0.29) is 16.5 Å². The number of ether oxygens (including phenoxy) is 1. The van der Waals surface area contributed by atoms with Crippen LogP contribution in [-0.2, 0) is 4.79 Å². The summed E-state index contributed by atoms with van der Waals surface area (Å²) in [6, 6.07) is 2.67. The van der Waals surface area contributed by atoms with Crippen LogP contribution in [0.4, 0.5) is 14.5 Å². The molecule has 7 heteroatoms. The molecule has 0 atom stereocenters. The normalized spacial score (nSPS) is 17.7. The molecule has 1 aromatic rings. The molecule has 1 aromatic carbocycles. The van der Waals surface area contributed by atoms with E-state index < -0.39 is 12.0 Å². The number of halogens is 4. The van der Waals surface area contributed by atoms with Crippen molar-refractivity contribution < 1.29 is 18.3 Å². The molecule has 1 amide bonds. The van der Waals surface area contributed by atoms with Gasteiger partial charge in [0.15, 0.2) is 5.75 Å². The Hall–Kier alpha value is -0.880. The zero-order valence-corrected chi connectivity index (χ0v) is 9.32. The number of rotatable bonds is 0. The number of hydrogen-bond donors (Lipinski definition) is 1. The van der Waals surface area contributed by atoms with E-state index in [9.17, 15) is 13.6 Å². The number of nitrogens with one attached hydrogen (secondary N) is 1. The van der Waals surface area contributed by atoms with Gasteiger partial charge in [-0.25, -0.2) is 0 Å². The maximum absolute atomic E-state index is 12.8. The molecule has 0 spiro atoms. The van der Waals surface area contributed by atoms with Crippen LogP contribution in [-0.4, -0.2) is 12.0 Å². The van der Waals surface area contributed by atoms with Gasteiger partial charge in [0, 0.05) is 15.6 Å². The molecule has 0 saturated carbocycles. The van der Waals surface area contributed by atoms with Gasteiger partial charge in [0.25, 0.3) is 0 Å². The van der Waals surface area contributed by atoms with Gasteiger partial charge in [-0.2, -0.15) is 8.78 Å². The van der Waals surface area contributed by atoms with E-state index in [0.29, 0.717) is 4.47 Å². The van der Waals surface area contributed by atoms with E-state index in [2.05, 4.69) is 20.7 Å². The molecule has 0 aliphatic carbocycles. The van der Waals surface area contributed by atoms with Gasteiger partial charge < -0.3 is 10.1 Å². The number of alkyl halides is 2. The van der Waals surface area contributed by atoms with Gasteiger partial charge in [0.05, 0.1) is 5.69 Å². The van der Waals surface area contributed by atoms with E-state index in [0.717, 1.165) is 0 Å². The molecule has 1 aliphatic heterocycles. The SMILES string of the molecule is O=C1Nc2c(Br)cc(Cl)cc2OC1(F)F. The molecule has 0 saturated heterocycles. The molecule has 0 fully saturated rings. The molecule has 1 heterocycles. The number of anilines is 1. The van der Waals surface area contributed by atoms with Crippen molar-refractivity contribution in [2.45, 2.75) is 6.11 Å². The number of carbonyl (C=O) groups excluding carboxylic acids is 1. The predicted molar refractivity (Wildman–Crippen MR) is 53.4 cm³/mol. The second kappa shape index (κ2) is 3.31. The van der Waals surface area contributed by atoms with Crippen molar-refractivity contribution in [3.05, 3.63) is 21.6 Å². The Kier molecular flexibility index (Phi) is 2.35. The molecule has 0 radical (unpaired) electrons. The predicted octanol–water partition coefficient (Wildman–Crippen LogP) is 3.03. The zero-order chi connectivity index (χ0) is 11.2. The first-order chi connectivity index (χ1) is 6.90. The number of amides is 1. The average molecular weight is 298 g/mol. The molecule has 0 unspecified atom stereocenters. The summed E-state index contributed by atoms with van der Waals surface area (Å²) in [6.45, 7) is 0. The van der Waals surface area contributed by atoms with E-state index in [4.69, 9.17) is 11.6 Å². The lowest BCUT2D eigenvalue weighted by Crippen LogP contribution is -2.43. The molecular weight excluding hydrogens is 295 g/mol. The highest BCUT2D eigenvalue weighted by Crippen LogP contribution is 2.41. The van der Waals surface area contributed by atoms with E-state index in [1.54, 1.807) is 0 Å². The van der Waals surface area contributed by atoms with Gasteiger partial charge in [0.2, 0.25) is 0 Å². The highest BCUT2D eigenvalue weighted by atomic mass is 79.9. The fourth-order valence-electron chi connectivity index (χ4n) is 1.12. The van der Waals surface area contributed by atoms with Crippen LogP contribution in [0.15, 0.2) is 16.6 Å². The minimum Gasteiger partial charge on any atom is -0.423 e. The summed E-state index contributed by atoms with van der Waals surface area (Å²) < 4.78 is 30.3. The summed E-state index contributed by atoms with van der Waals surface area (Å²) in [5.41, 5.74) is 0.148. The van der Waals surface area contributed by atoms with Gasteiger partial charge in [-0.15, -0.1) is 0 Å². The van der Waals surface area contributed by atoms with Gasteiger partial charge in [-0.05, 0) is 22.0 Å². The smallest absolute Gasteiger partial charge is 0.423 e. The lowest BCUT2D eigenvalue weighted by atomic mass is 10.2. The fraction of sp³-hybridized carbons (Fsp3) is 0.125. The summed E-state index contributed by atoms with van der Waals surface area (Å²) >= 11 is 8.72. The Labute approximate surface area is 96.5 Å². The highest BCUT2D eigenvalue weighted by Gasteiger charge is 2.46. The van der Waals surface area contributed by atoms with Gasteiger partial charge in [-0.3, -0.25) is 4.79 Å². The minimum absolute atomic E-state index is 0.148. The molecule has 0 bridgehead atoms. The van der Waals surface area contributed by atoms with Crippen LogP contribution in [0.5, 0.6) is 5.75 Å². The molecule has 0 aromatic heterocycles. The van der Waals surface area contributed by atoms with Crippen molar-refractivity contribution in [3.63, 3.8) is 0 Å². The molecule has 3 nitrogen and oxygen atoms in total. The first kappa shape index (κ1) is 10.6. The highest BCUT2D eigenvalue weighted by molar-refractivity contribution is 9.10. The van der Waals surface area contributed by atoms with E-state index in [1.165, 1.54) is 12.1 Å². The fourth-order valence-corrected chi connectivity index (χ4v) is 2.00. The van der Waals surface area contributed by atoms with Crippen molar-refractivity contribution in [2.24, 2.45) is 0 Å². The van der Waals surface area contributed by atoms with Crippen molar-refractivity contribution in [1.29, 1.82) is 0 Å². The number of carbonyl (C=O) groups is 1. The van der Waals surface area contributed by atoms with Crippen molar-refractivity contribution >= 4 is 39.1 Å². The lowest BCUT2D eigenvalue weighted by Gasteiger charge is -2.25. The number of fused-ring (bicyclic) bond motifs is 1. The lowest BCUT2D eigenvalue weighted by molar-refractivity contribution is -0.189. The summed E-state index contributed by atoms with van der Waals surface area (Å²) in [5, 5.41) is 2.26. The summed E-state index contributed by atoms with van der Waals surface area (Å²) in [7, 11) is 0. The Bertz CT molecular complexity index is 453. The Morgan fingerprint density at radius 3 is 2.80 bits per heavy atom. The first-order valence-corrected chi connectivity index (χ1v) is 4.94. The van der Waals surface area contributed by atoms with E-state index >= 15 is 0 Å². The second-order valence-corrected chi connectivity index (χ2v) is 4.12. The Morgan fingerprint density at radius 2 is 2.13 bits per heavy atom. The van der Waals surface area contributed by atoms with Crippen LogP contribution in [0.25, 0.3) is 0 Å². The van der Waals surface area contributed by atoms with Crippen molar-refractivity contribution in [2.75, 3.05) is 5.32 Å². The number of benzene rings is 1. The standard InChI is InChI=1S/C8H3BrClF2NO2/c9-4-1-3(10)2-5-6(4)13-7(14)8(11,12)15-5/h1-2H,(H,13,14). The van der Waals surface area contributed by atoms with Crippen LogP contribution < -0.4 is 10.1 Å². The van der Waals surface area contributed by atoms with Crippen LogP contribution in [0.3, 0.4) is 0 Å². The maximum atomic E-state index is 12.8. The van der Waals surface area contributed by atoms with Gasteiger partial charge in [0.1, 0.15) is 0 Å². The molecule has 15 heavy (non-hydrogen) atoms. The third-order valence-electron chi connectivity index (χ3n) is 1.76. The molecule has 2 rings (SSSR count). The Balaban J connectivity index is 2.55. The first-order valence-electron chi connectivity index (χ1n) is 3.77. The molecule has 80 valence electrons. The maximum Gasteiger partial charge on any atom is 0.482 e. The van der Waals surface area contributed by atoms with Crippen molar-refractivity contribution in [1.82, 2.24) is 0 Å². The minimum atomic E-state index is -3.86. The topological polar surface area (TPSA) is 38.3 Å². The second-order valence-electron chi connectivity index (χ2n) is 2.83. The van der Waals surface area contributed by atoms with Gasteiger partial charge >= 0.3 is 12.0 Å². The molecule has 1 N–H and O–H groups in total. The average Bonchev–Trinajstić information content (AvgIpc) is 2.08. The number of hydrogen-bond acceptors (Lipinski definition) is 2. The summed E-state index contributed by atoms with van der Waals surface area (Å²) in [6.07, 6.45) is -3.86. The van der Waals surface area contributed by atoms with Crippen LogP contribution in [0.2, 0.25) is 5.02 Å². The van der Waals surface area contributed by atoms with Crippen LogP contribution in [0, 0.1) is 0 Å². The third kappa shape index (κ3) is 1.79. The largest absolute Gasteiger partial charge is 0.482 e. The Morgan fingerprint density at radius 1 is 1.47 bits per heavy atom. The van der Waals surface area contributed by atoms with Crippen LogP contribution >= 0.6 is 27.5 Å². The zero-order valence-electron chi connectivity index (χ0n) is 6.98. The third-order valence-corrected chi connectivity index (χ3v) is 2.60. The monoisotopic (exact) mass is 297 g/mol. The summed E-state index contributed by atoms with van der Waals surface area (Å²) in [5.74, 6) is -1.67. The summed E-state index contributed by atoms with van der Waals surface area (Å²) in [4.78, 5) is 10.9. The molecular formula is C8H3BrClF2NO2.